The van der Waals surface area contributed by atoms with Gasteiger partial charge in [0.1, 0.15) is 11.9 Å². The van der Waals surface area contributed by atoms with E-state index in [1.165, 1.54) is 36.1 Å². The van der Waals surface area contributed by atoms with Crippen molar-refractivity contribution in [3.8, 4) is 0 Å². The standard InChI is InChI=1S/C28H37N3O3.CH2O2.H2S/c32-28(33)26(25-10-4-3-9-24(25)20-11-12-20)31-17-15-23(19-31)34-18-5-1-2-8-22-14-13-21-7-6-16-29-27(21)30-22;2-1-3;/h3-4,9-10,13-14,20,23,26H,1-2,5-8,11-12,15-19H2,(H,29,30)(H,32,33);1H,(H,2,3);1H2/t23-,26?;;/m0../s1. The maximum absolute atomic E-state index is 12.2. The number of pyridine rings is 1. The number of fused-ring (bicyclic) bond motifs is 1. The Kier molecular flexibility index (Phi) is 11.9. The molecule has 2 fully saturated rings. The molecular weight excluding hydrogens is 502 g/mol. The van der Waals surface area contributed by atoms with Gasteiger partial charge in [-0.15, -0.1) is 0 Å². The molecule has 38 heavy (non-hydrogen) atoms. The Hall–Kier alpha value is -2.62. The molecule has 8 nitrogen and oxygen atoms in total. The molecule has 1 aromatic heterocycles. The second-order valence-corrected chi connectivity index (χ2v) is 10.2. The first-order valence-electron chi connectivity index (χ1n) is 13.6. The molecule has 3 heterocycles. The van der Waals surface area contributed by atoms with E-state index in [0.29, 0.717) is 12.5 Å². The zero-order valence-electron chi connectivity index (χ0n) is 22.0. The van der Waals surface area contributed by atoms with Gasteiger partial charge in [0, 0.05) is 31.9 Å². The van der Waals surface area contributed by atoms with Crippen LogP contribution in [0.5, 0.6) is 0 Å². The fourth-order valence-electron chi connectivity index (χ4n) is 5.48. The van der Waals surface area contributed by atoms with Crippen molar-refractivity contribution < 1.29 is 24.5 Å². The van der Waals surface area contributed by atoms with Crippen LogP contribution in [0.4, 0.5) is 5.82 Å². The zero-order valence-corrected chi connectivity index (χ0v) is 23.0. The maximum Gasteiger partial charge on any atom is 0.325 e. The Labute approximate surface area is 232 Å². The molecule has 208 valence electrons. The van der Waals surface area contributed by atoms with Gasteiger partial charge >= 0.3 is 5.97 Å². The van der Waals surface area contributed by atoms with Gasteiger partial charge < -0.3 is 20.3 Å². The monoisotopic (exact) mass is 543 g/mol. The summed E-state index contributed by atoms with van der Waals surface area (Å²) in [6.45, 7) is 2.99. The minimum Gasteiger partial charge on any atom is -0.483 e. The number of benzene rings is 1. The molecule has 1 aliphatic carbocycles. The number of rotatable bonds is 11. The number of anilines is 1. The molecule has 9 heteroatoms. The molecule has 3 aliphatic rings. The molecular formula is C29H41N3O5S. The molecule has 0 amide bonds. The lowest BCUT2D eigenvalue weighted by Crippen LogP contribution is -2.34. The molecule has 0 radical (unpaired) electrons. The number of hydrogen-bond acceptors (Lipinski definition) is 6. The third kappa shape index (κ3) is 8.19. The van der Waals surface area contributed by atoms with E-state index in [4.69, 9.17) is 19.6 Å². The van der Waals surface area contributed by atoms with Crippen molar-refractivity contribution in [3.05, 3.63) is 58.8 Å². The van der Waals surface area contributed by atoms with Crippen LogP contribution in [-0.2, 0) is 27.2 Å². The second kappa shape index (κ2) is 15.1. The number of unbranched alkanes of at least 4 members (excludes halogenated alkanes) is 2. The summed E-state index contributed by atoms with van der Waals surface area (Å²) in [5.41, 5.74) is 4.72. The van der Waals surface area contributed by atoms with Crippen LogP contribution >= 0.6 is 13.5 Å². The number of nitrogens with one attached hydrogen (secondary N) is 1. The first-order valence-corrected chi connectivity index (χ1v) is 13.6. The van der Waals surface area contributed by atoms with Crippen LogP contribution in [0, 0.1) is 0 Å². The summed E-state index contributed by atoms with van der Waals surface area (Å²) in [6.07, 6.45) is 9.98. The van der Waals surface area contributed by atoms with Crippen LogP contribution in [0.2, 0.25) is 0 Å². The summed E-state index contributed by atoms with van der Waals surface area (Å²) >= 11 is 0. The van der Waals surface area contributed by atoms with Crippen molar-refractivity contribution >= 4 is 31.8 Å². The number of ether oxygens (including phenoxy) is 1. The van der Waals surface area contributed by atoms with Gasteiger partial charge in [-0.25, -0.2) is 4.98 Å². The molecule has 5 rings (SSSR count). The Bertz CT molecular complexity index is 1050. The molecule has 1 saturated heterocycles. The highest BCUT2D eigenvalue weighted by Gasteiger charge is 2.37. The fraction of sp³-hybridized carbons (Fsp3) is 0.552. The van der Waals surface area contributed by atoms with E-state index in [1.54, 1.807) is 0 Å². The Morgan fingerprint density at radius 1 is 1.16 bits per heavy atom. The summed E-state index contributed by atoms with van der Waals surface area (Å²) in [4.78, 5) is 27.5. The normalized spacial score (nSPS) is 19.2. The van der Waals surface area contributed by atoms with Gasteiger partial charge in [-0.3, -0.25) is 14.5 Å². The summed E-state index contributed by atoms with van der Waals surface area (Å²) in [7, 11) is 0. The summed E-state index contributed by atoms with van der Waals surface area (Å²) in [6, 6.07) is 12.0. The average molecular weight is 544 g/mol. The highest BCUT2D eigenvalue weighted by atomic mass is 32.1. The van der Waals surface area contributed by atoms with Crippen molar-refractivity contribution in [2.45, 2.75) is 75.9 Å². The number of aryl methyl sites for hydroxylation is 2. The Balaban J connectivity index is 0.000000956. The number of likely N-dealkylation sites (tertiary alicyclic amines) is 1. The van der Waals surface area contributed by atoms with E-state index in [0.717, 1.165) is 69.6 Å². The van der Waals surface area contributed by atoms with E-state index in [-0.39, 0.29) is 26.1 Å². The Morgan fingerprint density at radius 3 is 2.71 bits per heavy atom. The number of hydrogen-bond donors (Lipinski definition) is 3. The van der Waals surface area contributed by atoms with Gasteiger partial charge in [0.15, 0.2) is 0 Å². The van der Waals surface area contributed by atoms with E-state index >= 15 is 0 Å². The van der Waals surface area contributed by atoms with Gasteiger partial charge in [-0.2, -0.15) is 13.5 Å². The van der Waals surface area contributed by atoms with Crippen molar-refractivity contribution in [1.82, 2.24) is 9.88 Å². The van der Waals surface area contributed by atoms with E-state index < -0.39 is 12.0 Å². The first-order chi connectivity index (χ1) is 18.1. The van der Waals surface area contributed by atoms with Crippen molar-refractivity contribution in [1.29, 1.82) is 0 Å². The van der Waals surface area contributed by atoms with Gasteiger partial charge in [-0.05, 0) is 80.0 Å². The van der Waals surface area contributed by atoms with Crippen LogP contribution in [0.25, 0.3) is 0 Å². The van der Waals surface area contributed by atoms with Crippen LogP contribution < -0.4 is 5.32 Å². The van der Waals surface area contributed by atoms with Gasteiger partial charge in [-0.1, -0.05) is 36.8 Å². The summed E-state index contributed by atoms with van der Waals surface area (Å²) < 4.78 is 6.16. The van der Waals surface area contributed by atoms with Gasteiger partial charge in [0.05, 0.1) is 6.10 Å². The summed E-state index contributed by atoms with van der Waals surface area (Å²) in [5.74, 6) is 0.873. The highest BCUT2D eigenvalue weighted by molar-refractivity contribution is 7.59. The number of aliphatic carboxylic acids is 1. The minimum atomic E-state index is -0.750. The average Bonchev–Trinajstić information content (AvgIpc) is 3.65. The lowest BCUT2D eigenvalue weighted by molar-refractivity contribution is -0.143. The van der Waals surface area contributed by atoms with Crippen LogP contribution in [0.3, 0.4) is 0 Å². The molecule has 2 atom stereocenters. The van der Waals surface area contributed by atoms with Crippen LogP contribution in [0.1, 0.15) is 79.3 Å². The predicted octanol–water partition coefficient (Wildman–Crippen LogP) is 4.76. The van der Waals surface area contributed by atoms with Crippen molar-refractivity contribution in [2.75, 3.05) is 31.6 Å². The third-order valence-electron chi connectivity index (χ3n) is 7.47. The number of carboxylic acids is 1. The number of nitrogens with zero attached hydrogens (tertiary/aromatic N) is 2. The highest BCUT2D eigenvalue weighted by Crippen LogP contribution is 2.44. The molecule has 2 aliphatic heterocycles. The first kappa shape index (κ1) is 29.9. The molecule has 1 unspecified atom stereocenters. The second-order valence-electron chi connectivity index (χ2n) is 10.2. The fourth-order valence-corrected chi connectivity index (χ4v) is 5.48. The van der Waals surface area contributed by atoms with Gasteiger partial charge in [0.2, 0.25) is 0 Å². The minimum absolute atomic E-state index is 0. The van der Waals surface area contributed by atoms with Crippen molar-refractivity contribution in [3.63, 3.8) is 0 Å². The van der Waals surface area contributed by atoms with Gasteiger partial charge in [0.25, 0.3) is 6.47 Å². The molecule has 0 spiro atoms. The number of carbonyl (C=O) groups is 2. The SMILES string of the molecule is O=C(O)C(c1ccccc1C1CC1)N1CC[C@H](OCCCCCc2ccc3c(n2)NCCC3)C1.O=CO.S. The van der Waals surface area contributed by atoms with Crippen molar-refractivity contribution in [2.24, 2.45) is 0 Å². The van der Waals surface area contributed by atoms with Crippen LogP contribution in [-0.4, -0.2) is 64.9 Å². The summed E-state index contributed by atoms with van der Waals surface area (Å²) in [5, 5.41) is 20.3. The topological polar surface area (TPSA) is 112 Å². The number of carboxylic acid groups (broad SMARTS) is 2. The van der Waals surface area contributed by atoms with Crippen LogP contribution in [0.15, 0.2) is 36.4 Å². The predicted molar refractivity (Wildman–Crippen MR) is 152 cm³/mol. The molecule has 1 saturated carbocycles. The smallest absolute Gasteiger partial charge is 0.325 e. The maximum atomic E-state index is 12.2. The quantitative estimate of drug-likeness (QED) is 0.275. The molecule has 2 aromatic rings. The Morgan fingerprint density at radius 2 is 1.95 bits per heavy atom. The lowest BCUT2D eigenvalue weighted by Gasteiger charge is -2.26. The largest absolute Gasteiger partial charge is 0.483 e. The molecule has 1 aromatic carbocycles. The van der Waals surface area contributed by atoms with E-state index in [9.17, 15) is 9.90 Å². The lowest BCUT2D eigenvalue weighted by atomic mass is 9.96. The van der Waals surface area contributed by atoms with E-state index in [1.807, 2.05) is 18.2 Å². The third-order valence-corrected chi connectivity index (χ3v) is 7.47. The van der Waals surface area contributed by atoms with E-state index in [2.05, 4.69) is 28.4 Å². The molecule has 0 bridgehead atoms. The molecule has 3 N–H and O–H groups in total. The number of aromatic nitrogens is 1. The zero-order chi connectivity index (χ0) is 26.0.